The van der Waals surface area contributed by atoms with Gasteiger partial charge < -0.3 is 14.2 Å². The molecule has 1 saturated heterocycles. The van der Waals surface area contributed by atoms with E-state index in [2.05, 4.69) is 11.9 Å². The molecule has 2 aromatic carbocycles. The highest BCUT2D eigenvalue weighted by molar-refractivity contribution is 6.39. The van der Waals surface area contributed by atoms with Crippen molar-refractivity contribution in [1.29, 1.82) is 0 Å². The SMILES string of the molecule is C=CCc1cc(/C=C2\C(=O)NC(=O)N(c3ccc(OCC)cc3)C2=O)cc(OCC)c1OC. The van der Waals surface area contributed by atoms with E-state index in [1.165, 1.54) is 6.08 Å². The van der Waals surface area contributed by atoms with Crippen LogP contribution in [0.1, 0.15) is 25.0 Å². The van der Waals surface area contributed by atoms with E-state index in [1.54, 1.807) is 49.6 Å². The fourth-order valence-electron chi connectivity index (χ4n) is 3.49. The second-order valence-corrected chi connectivity index (χ2v) is 7.02. The first kappa shape index (κ1) is 23.6. The molecule has 1 N–H and O–H groups in total. The molecule has 172 valence electrons. The monoisotopic (exact) mass is 450 g/mol. The van der Waals surface area contributed by atoms with Gasteiger partial charge in [-0.05, 0) is 68.3 Å². The Morgan fingerprint density at radius 3 is 2.33 bits per heavy atom. The quantitative estimate of drug-likeness (QED) is 0.354. The number of ether oxygens (including phenoxy) is 3. The minimum absolute atomic E-state index is 0.180. The lowest BCUT2D eigenvalue weighted by Crippen LogP contribution is -2.54. The minimum Gasteiger partial charge on any atom is -0.494 e. The second kappa shape index (κ2) is 10.5. The van der Waals surface area contributed by atoms with Gasteiger partial charge in [-0.25, -0.2) is 9.69 Å². The summed E-state index contributed by atoms with van der Waals surface area (Å²) in [5.74, 6) is 0.145. The van der Waals surface area contributed by atoms with Gasteiger partial charge in [0.15, 0.2) is 11.5 Å². The van der Waals surface area contributed by atoms with E-state index in [0.29, 0.717) is 48.1 Å². The van der Waals surface area contributed by atoms with Crippen LogP contribution in [0.3, 0.4) is 0 Å². The Hall–Kier alpha value is -4.07. The molecule has 4 amide bonds. The number of benzene rings is 2. The van der Waals surface area contributed by atoms with Gasteiger partial charge in [-0.15, -0.1) is 6.58 Å². The summed E-state index contributed by atoms with van der Waals surface area (Å²) in [7, 11) is 1.54. The highest BCUT2D eigenvalue weighted by atomic mass is 16.5. The fourth-order valence-corrected chi connectivity index (χ4v) is 3.49. The van der Waals surface area contributed by atoms with Crippen LogP contribution >= 0.6 is 0 Å². The highest BCUT2D eigenvalue weighted by Crippen LogP contribution is 2.34. The van der Waals surface area contributed by atoms with E-state index >= 15 is 0 Å². The maximum Gasteiger partial charge on any atom is 0.335 e. The number of nitrogens with zero attached hydrogens (tertiary/aromatic N) is 1. The van der Waals surface area contributed by atoms with Crippen molar-refractivity contribution in [2.45, 2.75) is 20.3 Å². The third kappa shape index (κ3) is 5.06. The van der Waals surface area contributed by atoms with Gasteiger partial charge in [-0.2, -0.15) is 0 Å². The molecule has 1 aliphatic rings. The summed E-state index contributed by atoms with van der Waals surface area (Å²) in [6, 6.07) is 9.12. The zero-order valence-corrected chi connectivity index (χ0v) is 18.8. The number of nitrogens with one attached hydrogen (secondary N) is 1. The number of amides is 4. The van der Waals surface area contributed by atoms with Crippen molar-refractivity contribution < 1.29 is 28.6 Å². The molecule has 0 radical (unpaired) electrons. The lowest BCUT2D eigenvalue weighted by atomic mass is 10.0. The number of allylic oxidation sites excluding steroid dienone is 1. The summed E-state index contributed by atoms with van der Waals surface area (Å²) in [6.07, 6.45) is 3.65. The van der Waals surface area contributed by atoms with Crippen molar-refractivity contribution in [1.82, 2.24) is 5.32 Å². The second-order valence-electron chi connectivity index (χ2n) is 7.02. The van der Waals surface area contributed by atoms with E-state index in [1.807, 2.05) is 13.8 Å². The predicted octanol–water partition coefficient (Wildman–Crippen LogP) is 3.89. The van der Waals surface area contributed by atoms with Crippen molar-refractivity contribution in [2.75, 3.05) is 25.2 Å². The van der Waals surface area contributed by atoms with E-state index < -0.39 is 17.8 Å². The van der Waals surface area contributed by atoms with Gasteiger partial charge in [0.1, 0.15) is 11.3 Å². The summed E-state index contributed by atoms with van der Waals surface area (Å²) in [4.78, 5) is 39.1. The molecule has 0 spiro atoms. The Morgan fingerprint density at radius 2 is 1.73 bits per heavy atom. The largest absolute Gasteiger partial charge is 0.494 e. The van der Waals surface area contributed by atoms with Crippen LogP contribution in [-0.2, 0) is 16.0 Å². The number of anilines is 1. The number of hydrogen-bond donors (Lipinski definition) is 1. The molecule has 1 aliphatic heterocycles. The van der Waals surface area contributed by atoms with Crippen molar-refractivity contribution in [3.63, 3.8) is 0 Å². The van der Waals surface area contributed by atoms with Crippen molar-refractivity contribution in [3.8, 4) is 17.2 Å². The van der Waals surface area contributed by atoms with Crippen LogP contribution in [0.5, 0.6) is 17.2 Å². The van der Waals surface area contributed by atoms with E-state index in [-0.39, 0.29) is 5.57 Å². The van der Waals surface area contributed by atoms with Crippen LogP contribution in [0, 0.1) is 0 Å². The van der Waals surface area contributed by atoms with Gasteiger partial charge in [-0.1, -0.05) is 6.08 Å². The van der Waals surface area contributed by atoms with Gasteiger partial charge >= 0.3 is 6.03 Å². The maximum absolute atomic E-state index is 13.2. The highest BCUT2D eigenvalue weighted by Gasteiger charge is 2.36. The summed E-state index contributed by atoms with van der Waals surface area (Å²) in [6.45, 7) is 8.36. The van der Waals surface area contributed by atoms with E-state index in [9.17, 15) is 14.4 Å². The zero-order valence-electron chi connectivity index (χ0n) is 18.8. The number of methoxy groups -OCH3 is 1. The smallest absolute Gasteiger partial charge is 0.335 e. The number of urea groups is 1. The molecule has 0 aromatic heterocycles. The predicted molar refractivity (Wildman–Crippen MR) is 125 cm³/mol. The van der Waals surface area contributed by atoms with Crippen molar-refractivity contribution in [3.05, 3.63) is 65.8 Å². The van der Waals surface area contributed by atoms with Crippen molar-refractivity contribution in [2.24, 2.45) is 0 Å². The Balaban J connectivity index is 2.03. The number of carbonyl (C=O) groups excluding carboxylic acids is 3. The summed E-state index contributed by atoms with van der Waals surface area (Å²) in [5.41, 5.74) is 1.47. The standard InChI is InChI=1S/C25H26N2O6/c1-5-8-17-13-16(15-21(33-7-3)22(17)31-4)14-20-23(28)26-25(30)27(24(20)29)18-9-11-19(12-10-18)32-6-2/h5,9-15H,1,6-8H2,2-4H3,(H,26,28,30)/b20-14+. The minimum atomic E-state index is -0.816. The number of carbonyl (C=O) groups is 3. The van der Waals surface area contributed by atoms with Gasteiger partial charge in [0.2, 0.25) is 0 Å². The molecule has 1 heterocycles. The molecule has 3 rings (SSSR count). The molecule has 0 bridgehead atoms. The Labute approximate surface area is 192 Å². The third-order valence-corrected chi connectivity index (χ3v) is 4.84. The molecule has 0 unspecified atom stereocenters. The summed E-state index contributed by atoms with van der Waals surface area (Å²) < 4.78 is 16.6. The topological polar surface area (TPSA) is 94.2 Å². The Bertz CT molecular complexity index is 1100. The number of rotatable bonds is 9. The van der Waals surface area contributed by atoms with Gasteiger partial charge in [-0.3, -0.25) is 14.9 Å². The van der Waals surface area contributed by atoms with Gasteiger partial charge in [0.25, 0.3) is 11.8 Å². The first-order valence-electron chi connectivity index (χ1n) is 10.5. The van der Waals surface area contributed by atoms with Crippen LogP contribution in [0.15, 0.2) is 54.6 Å². The molecule has 8 nitrogen and oxygen atoms in total. The van der Waals surface area contributed by atoms with E-state index in [0.717, 1.165) is 10.5 Å². The molecular weight excluding hydrogens is 424 g/mol. The molecule has 0 saturated carbocycles. The fraction of sp³-hybridized carbons (Fsp3) is 0.240. The first-order chi connectivity index (χ1) is 15.9. The Morgan fingerprint density at radius 1 is 1.03 bits per heavy atom. The molecule has 1 fully saturated rings. The molecule has 33 heavy (non-hydrogen) atoms. The molecular formula is C25H26N2O6. The maximum atomic E-state index is 13.2. The molecule has 0 aliphatic carbocycles. The van der Waals surface area contributed by atoms with Gasteiger partial charge in [0, 0.05) is 5.56 Å². The van der Waals surface area contributed by atoms with Crippen molar-refractivity contribution >= 4 is 29.6 Å². The van der Waals surface area contributed by atoms with E-state index in [4.69, 9.17) is 14.2 Å². The molecule has 0 atom stereocenters. The lowest BCUT2D eigenvalue weighted by Gasteiger charge is -2.26. The van der Waals surface area contributed by atoms with Crippen LogP contribution in [0.25, 0.3) is 6.08 Å². The normalized spacial score (nSPS) is 14.8. The zero-order chi connectivity index (χ0) is 24.0. The molecule has 8 heteroatoms. The lowest BCUT2D eigenvalue weighted by molar-refractivity contribution is -0.122. The van der Waals surface area contributed by atoms with Crippen LogP contribution in [0.2, 0.25) is 0 Å². The number of hydrogen-bond acceptors (Lipinski definition) is 6. The number of imide groups is 2. The van der Waals surface area contributed by atoms with Crippen LogP contribution in [0.4, 0.5) is 10.5 Å². The van der Waals surface area contributed by atoms with Crippen LogP contribution < -0.4 is 24.4 Å². The average Bonchev–Trinajstić information content (AvgIpc) is 2.78. The first-order valence-corrected chi connectivity index (χ1v) is 10.5. The third-order valence-electron chi connectivity index (χ3n) is 4.84. The molecule has 2 aromatic rings. The van der Waals surface area contributed by atoms with Gasteiger partial charge in [0.05, 0.1) is 26.0 Å². The summed E-state index contributed by atoms with van der Waals surface area (Å²) in [5, 5.41) is 2.23. The average molecular weight is 450 g/mol. The Kier molecular flexibility index (Phi) is 7.50. The number of barbiturate groups is 1. The summed E-state index contributed by atoms with van der Waals surface area (Å²) >= 11 is 0. The van der Waals surface area contributed by atoms with Crippen LogP contribution in [-0.4, -0.2) is 38.2 Å².